The third-order valence-corrected chi connectivity index (χ3v) is 3.76. The molecule has 4 nitrogen and oxygen atoms in total. The van der Waals surface area contributed by atoms with Crippen LogP contribution in [0.2, 0.25) is 0 Å². The summed E-state index contributed by atoms with van der Waals surface area (Å²) in [7, 11) is 0. The molecule has 21 heavy (non-hydrogen) atoms. The van der Waals surface area contributed by atoms with E-state index in [0.29, 0.717) is 0 Å². The van der Waals surface area contributed by atoms with Crippen molar-refractivity contribution in [2.24, 2.45) is 9.98 Å². The zero-order valence-corrected chi connectivity index (χ0v) is 12.5. The molecule has 110 valence electrons. The highest BCUT2D eigenvalue weighted by Gasteiger charge is 2.12. The highest BCUT2D eigenvalue weighted by molar-refractivity contribution is 6.33. The molecule has 0 radical (unpaired) electrons. The maximum atomic E-state index is 5.39. The Kier molecular flexibility index (Phi) is 4.46. The van der Waals surface area contributed by atoms with E-state index in [-0.39, 0.29) is 0 Å². The molecule has 1 aromatic rings. The number of ether oxygens (including phenoxy) is 1. The smallest absolute Gasteiger partial charge is 0.0666 e. The number of rotatable bonds is 3. The summed E-state index contributed by atoms with van der Waals surface area (Å²) in [5, 5.41) is 0. The minimum atomic E-state index is 0.816. The Balaban J connectivity index is 1.70. The molecule has 3 rings (SSSR count). The number of allylic oxidation sites excluding steroid dienone is 1. The van der Waals surface area contributed by atoms with Crippen molar-refractivity contribution in [2.75, 3.05) is 37.7 Å². The number of hydrogen-bond donors (Lipinski definition) is 0. The molecule has 0 aromatic heterocycles. The first-order valence-corrected chi connectivity index (χ1v) is 7.57. The van der Waals surface area contributed by atoms with Gasteiger partial charge in [0.1, 0.15) is 0 Å². The fraction of sp³-hybridized carbons (Fsp3) is 0.412. The van der Waals surface area contributed by atoms with Crippen molar-refractivity contribution in [2.45, 2.75) is 13.3 Å². The summed E-state index contributed by atoms with van der Waals surface area (Å²) in [6.07, 6.45) is 4.91. The molecule has 0 N–H and O–H groups in total. The van der Waals surface area contributed by atoms with E-state index in [9.17, 15) is 0 Å². The molecule has 2 aliphatic rings. The van der Waals surface area contributed by atoms with Crippen LogP contribution in [0.3, 0.4) is 0 Å². The van der Waals surface area contributed by atoms with Gasteiger partial charge >= 0.3 is 0 Å². The van der Waals surface area contributed by atoms with E-state index in [4.69, 9.17) is 4.74 Å². The number of anilines is 1. The Labute approximate surface area is 125 Å². The second kappa shape index (κ2) is 6.68. The number of aliphatic imine (C=N–C) groups is 2. The zero-order chi connectivity index (χ0) is 14.5. The van der Waals surface area contributed by atoms with Crippen molar-refractivity contribution in [1.82, 2.24) is 0 Å². The average molecular weight is 283 g/mol. The van der Waals surface area contributed by atoms with Crippen LogP contribution >= 0.6 is 0 Å². The minimum Gasteiger partial charge on any atom is -0.378 e. The van der Waals surface area contributed by atoms with E-state index < -0.39 is 0 Å². The van der Waals surface area contributed by atoms with Crippen LogP contribution in [0.25, 0.3) is 5.70 Å². The lowest BCUT2D eigenvalue weighted by molar-refractivity contribution is 0.122. The van der Waals surface area contributed by atoms with Gasteiger partial charge < -0.3 is 9.64 Å². The van der Waals surface area contributed by atoms with E-state index >= 15 is 0 Å². The molecule has 1 saturated heterocycles. The molecule has 4 heteroatoms. The van der Waals surface area contributed by atoms with Gasteiger partial charge in [0.05, 0.1) is 24.6 Å². The predicted molar refractivity (Wildman–Crippen MR) is 88.5 cm³/mol. The highest BCUT2D eigenvalue weighted by atomic mass is 16.5. The highest BCUT2D eigenvalue weighted by Crippen LogP contribution is 2.23. The molecule has 2 aliphatic heterocycles. The second-order valence-electron chi connectivity index (χ2n) is 5.16. The van der Waals surface area contributed by atoms with Crippen molar-refractivity contribution in [1.29, 1.82) is 0 Å². The second-order valence-corrected chi connectivity index (χ2v) is 5.16. The van der Waals surface area contributed by atoms with Gasteiger partial charge in [0, 0.05) is 38.0 Å². The summed E-state index contributed by atoms with van der Waals surface area (Å²) in [5.41, 5.74) is 4.53. The molecule has 0 bridgehead atoms. The van der Waals surface area contributed by atoms with Crippen molar-refractivity contribution in [3.05, 3.63) is 35.9 Å². The third-order valence-electron chi connectivity index (χ3n) is 3.76. The quantitative estimate of drug-likeness (QED) is 0.855. The molecular formula is C17H21N3O. The summed E-state index contributed by atoms with van der Waals surface area (Å²) in [4.78, 5) is 11.3. The number of benzene rings is 1. The zero-order valence-electron chi connectivity index (χ0n) is 12.5. The lowest BCUT2D eigenvalue weighted by atomic mass is 10.1. The van der Waals surface area contributed by atoms with Crippen molar-refractivity contribution in [3.63, 3.8) is 0 Å². The first-order valence-electron chi connectivity index (χ1n) is 7.57. The normalized spacial score (nSPS) is 20.7. The van der Waals surface area contributed by atoms with E-state index in [1.54, 1.807) is 0 Å². The summed E-state index contributed by atoms with van der Waals surface area (Å²) in [6.45, 7) is 6.44. The first-order chi connectivity index (χ1) is 10.4. The van der Waals surface area contributed by atoms with Crippen LogP contribution in [0.5, 0.6) is 0 Å². The summed E-state index contributed by atoms with van der Waals surface area (Å²) in [6, 6.07) is 8.64. The summed E-state index contributed by atoms with van der Waals surface area (Å²) >= 11 is 0. The monoisotopic (exact) mass is 283 g/mol. The Morgan fingerprint density at radius 3 is 2.57 bits per heavy atom. The van der Waals surface area contributed by atoms with Crippen LogP contribution in [0.1, 0.15) is 18.9 Å². The lowest BCUT2D eigenvalue weighted by Gasteiger charge is -2.29. The minimum absolute atomic E-state index is 0.816. The fourth-order valence-electron chi connectivity index (χ4n) is 2.62. The van der Waals surface area contributed by atoms with E-state index in [2.05, 4.69) is 45.2 Å². The molecule has 0 saturated carbocycles. The van der Waals surface area contributed by atoms with Gasteiger partial charge in [-0.2, -0.15) is 0 Å². The maximum Gasteiger partial charge on any atom is 0.0666 e. The number of nitrogens with zero attached hydrogens (tertiary/aromatic N) is 3. The average Bonchev–Trinajstić information content (AvgIpc) is 2.57. The molecule has 0 unspecified atom stereocenters. The number of morpholine rings is 1. The van der Waals surface area contributed by atoms with Gasteiger partial charge in [-0.1, -0.05) is 18.2 Å². The SMILES string of the molecule is CCN=C1C=NC(c2ccc(N3CCOCC3)cc2)=CC1. The Hall–Kier alpha value is -1.94. The summed E-state index contributed by atoms with van der Waals surface area (Å²) < 4.78 is 5.39. The topological polar surface area (TPSA) is 37.2 Å². The van der Waals surface area contributed by atoms with Crippen LogP contribution in [0.15, 0.2) is 40.3 Å². The molecule has 0 amide bonds. The van der Waals surface area contributed by atoms with Crippen LogP contribution in [-0.4, -0.2) is 44.8 Å². The predicted octanol–water partition coefficient (Wildman–Crippen LogP) is 2.80. The van der Waals surface area contributed by atoms with Gasteiger partial charge in [0.25, 0.3) is 0 Å². The van der Waals surface area contributed by atoms with Crippen LogP contribution < -0.4 is 4.90 Å². The van der Waals surface area contributed by atoms with E-state index in [1.165, 1.54) is 11.3 Å². The Morgan fingerprint density at radius 2 is 1.95 bits per heavy atom. The van der Waals surface area contributed by atoms with Crippen molar-refractivity contribution < 1.29 is 4.74 Å². The van der Waals surface area contributed by atoms with Gasteiger partial charge in [-0.25, -0.2) is 0 Å². The van der Waals surface area contributed by atoms with Gasteiger partial charge in [-0.05, 0) is 24.6 Å². The standard InChI is InChI=1S/C17H21N3O/c1-2-18-15-5-8-17(19-13-15)14-3-6-16(7-4-14)20-9-11-21-12-10-20/h3-4,6-8,13H,2,5,9-12H2,1H3. The molecular weight excluding hydrogens is 262 g/mol. The van der Waals surface area contributed by atoms with Crippen molar-refractivity contribution >= 4 is 23.3 Å². The van der Waals surface area contributed by atoms with E-state index in [0.717, 1.165) is 50.7 Å². The van der Waals surface area contributed by atoms with Gasteiger partial charge in [-0.3, -0.25) is 9.98 Å². The van der Waals surface area contributed by atoms with Crippen LogP contribution in [0.4, 0.5) is 5.69 Å². The van der Waals surface area contributed by atoms with Gasteiger partial charge in [0.15, 0.2) is 0 Å². The largest absolute Gasteiger partial charge is 0.378 e. The molecule has 0 atom stereocenters. The molecule has 1 fully saturated rings. The van der Waals surface area contributed by atoms with Gasteiger partial charge in [0.2, 0.25) is 0 Å². The fourth-order valence-corrected chi connectivity index (χ4v) is 2.62. The third kappa shape index (κ3) is 3.39. The number of hydrogen-bond acceptors (Lipinski definition) is 4. The lowest BCUT2D eigenvalue weighted by Crippen LogP contribution is -2.36. The summed E-state index contributed by atoms with van der Waals surface area (Å²) in [5.74, 6) is 0. The molecule has 0 spiro atoms. The van der Waals surface area contributed by atoms with Crippen molar-refractivity contribution in [3.8, 4) is 0 Å². The maximum absolute atomic E-state index is 5.39. The first kappa shape index (κ1) is 14.0. The van der Waals surface area contributed by atoms with E-state index in [1.807, 2.05) is 13.1 Å². The van der Waals surface area contributed by atoms with Crippen LogP contribution in [0, 0.1) is 0 Å². The molecule has 1 aromatic carbocycles. The van der Waals surface area contributed by atoms with Gasteiger partial charge in [-0.15, -0.1) is 0 Å². The molecule has 0 aliphatic carbocycles. The Morgan fingerprint density at radius 1 is 1.19 bits per heavy atom. The van der Waals surface area contributed by atoms with Crippen LogP contribution in [-0.2, 0) is 4.74 Å². The molecule has 2 heterocycles. The Bertz CT molecular complexity index is 566.